The highest BCUT2D eigenvalue weighted by atomic mass is 19.2. The molecule has 2 heterocycles. The molecule has 0 radical (unpaired) electrons. The van der Waals surface area contributed by atoms with Crippen molar-refractivity contribution in [2.45, 2.75) is 13.8 Å². The van der Waals surface area contributed by atoms with E-state index in [1.54, 1.807) is 13.8 Å². The Hall–Kier alpha value is -2.44. The van der Waals surface area contributed by atoms with E-state index in [1.807, 2.05) is 0 Å². The molecule has 5 nitrogen and oxygen atoms in total. The number of oxazole rings is 1. The summed E-state index contributed by atoms with van der Waals surface area (Å²) < 4.78 is 37.3. The van der Waals surface area contributed by atoms with E-state index >= 15 is 0 Å². The summed E-state index contributed by atoms with van der Waals surface area (Å²) in [7, 11) is 0. The third-order valence-corrected chi connectivity index (χ3v) is 3.23. The Labute approximate surface area is 119 Å². The number of amides is 1. The van der Waals surface area contributed by atoms with Crippen LogP contribution in [-0.4, -0.2) is 24.0 Å². The molecule has 1 aliphatic rings. The van der Waals surface area contributed by atoms with Crippen molar-refractivity contribution in [2.75, 3.05) is 18.1 Å². The molecule has 0 saturated heterocycles. The summed E-state index contributed by atoms with van der Waals surface area (Å²) >= 11 is 0. The number of hydrogen-bond donors (Lipinski definition) is 0. The maximum Gasteiger partial charge on any atom is 0.280 e. The Kier molecular flexibility index (Phi) is 3.12. The summed E-state index contributed by atoms with van der Waals surface area (Å²) in [5.41, 5.74) is 0.343. The van der Waals surface area contributed by atoms with E-state index in [0.717, 1.165) is 6.07 Å². The van der Waals surface area contributed by atoms with Crippen LogP contribution in [0.2, 0.25) is 0 Å². The Morgan fingerprint density at radius 1 is 1.33 bits per heavy atom. The summed E-state index contributed by atoms with van der Waals surface area (Å²) in [6, 6.07) is 2.27. The lowest BCUT2D eigenvalue weighted by Crippen LogP contribution is -2.38. The number of anilines is 1. The minimum Gasteiger partial charge on any atom is -0.486 e. The Balaban J connectivity index is 2.04. The molecule has 110 valence electrons. The van der Waals surface area contributed by atoms with Crippen molar-refractivity contribution in [1.82, 2.24) is 4.98 Å². The molecule has 7 heteroatoms. The molecule has 0 N–H and O–H groups in total. The van der Waals surface area contributed by atoms with Gasteiger partial charge in [-0.3, -0.25) is 9.69 Å². The lowest BCUT2D eigenvalue weighted by Gasteiger charge is -2.29. The van der Waals surface area contributed by atoms with Gasteiger partial charge in [-0.1, -0.05) is 0 Å². The molecule has 0 fully saturated rings. The van der Waals surface area contributed by atoms with Gasteiger partial charge in [0.25, 0.3) is 5.91 Å². The molecule has 0 aliphatic carbocycles. The fourth-order valence-corrected chi connectivity index (χ4v) is 2.30. The first-order valence-electron chi connectivity index (χ1n) is 6.35. The zero-order chi connectivity index (χ0) is 15.1. The average Bonchev–Trinajstić information content (AvgIpc) is 2.80. The van der Waals surface area contributed by atoms with Gasteiger partial charge < -0.3 is 9.15 Å². The molecule has 0 saturated carbocycles. The van der Waals surface area contributed by atoms with E-state index in [9.17, 15) is 13.6 Å². The predicted molar refractivity (Wildman–Crippen MR) is 69.5 cm³/mol. The smallest absolute Gasteiger partial charge is 0.280 e. The van der Waals surface area contributed by atoms with Gasteiger partial charge in [-0.05, 0) is 19.1 Å². The van der Waals surface area contributed by atoms with Crippen LogP contribution in [0.5, 0.6) is 5.75 Å². The van der Waals surface area contributed by atoms with Gasteiger partial charge in [0.05, 0.1) is 12.2 Å². The summed E-state index contributed by atoms with van der Waals surface area (Å²) in [4.78, 5) is 17.9. The van der Waals surface area contributed by atoms with Crippen LogP contribution < -0.4 is 9.64 Å². The van der Waals surface area contributed by atoms with Crippen molar-refractivity contribution >= 4 is 11.6 Å². The molecule has 0 bridgehead atoms. The number of rotatable bonds is 1. The van der Waals surface area contributed by atoms with Crippen molar-refractivity contribution in [2.24, 2.45) is 0 Å². The van der Waals surface area contributed by atoms with E-state index in [2.05, 4.69) is 4.98 Å². The van der Waals surface area contributed by atoms with Crippen molar-refractivity contribution in [3.63, 3.8) is 0 Å². The number of carbonyl (C=O) groups is 1. The van der Waals surface area contributed by atoms with Gasteiger partial charge in [-0.2, -0.15) is 4.39 Å². The molecule has 0 atom stereocenters. The van der Waals surface area contributed by atoms with Gasteiger partial charge in [-0.25, -0.2) is 9.37 Å². The number of halogens is 2. The number of benzene rings is 1. The molecule has 1 aliphatic heterocycles. The van der Waals surface area contributed by atoms with E-state index in [-0.39, 0.29) is 30.3 Å². The number of fused-ring (bicyclic) bond motifs is 1. The highest BCUT2D eigenvalue weighted by molar-refractivity contribution is 6.06. The topological polar surface area (TPSA) is 55.6 Å². The van der Waals surface area contributed by atoms with Gasteiger partial charge in [0, 0.05) is 6.92 Å². The molecule has 1 aromatic heterocycles. The maximum absolute atomic E-state index is 13.7. The second-order valence-corrected chi connectivity index (χ2v) is 4.65. The molecule has 1 aromatic carbocycles. The second kappa shape index (κ2) is 4.83. The Morgan fingerprint density at radius 3 is 2.76 bits per heavy atom. The first-order valence-corrected chi connectivity index (χ1v) is 6.35. The van der Waals surface area contributed by atoms with Crippen LogP contribution in [0.4, 0.5) is 14.5 Å². The quantitative estimate of drug-likeness (QED) is 0.811. The zero-order valence-corrected chi connectivity index (χ0v) is 11.4. The van der Waals surface area contributed by atoms with Crippen molar-refractivity contribution in [3.8, 4) is 5.75 Å². The summed E-state index contributed by atoms with van der Waals surface area (Å²) in [6.07, 6.45) is 0. The highest BCUT2D eigenvalue weighted by Crippen LogP contribution is 2.36. The standard InChI is InChI=1S/C14H12F2N2O3/c1-7-12(17-8(2)21-7)14(19)18-5-6-20-13-10(18)4-3-9(15)11(13)16/h3-4H,5-6H2,1-2H3. The first-order chi connectivity index (χ1) is 9.99. The van der Waals surface area contributed by atoms with E-state index in [1.165, 1.54) is 11.0 Å². The number of nitrogens with zero attached hydrogens (tertiary/aromatic N) is 2. The molecule has 0 spiro atoms. The molecular weight excluding hydrogens is 282 g/mol. The van der Waals surface area contributed by atoms with Gasteiger partial charge >= 0.3 is 0 Å². The minimum atomic E-state index is -1.10. The van der Waals surface area contributed by atoms with Gasteiger partial charge in [0.1, 0.15) is 12.4 Å². The molecule has 3 rings (SSSR count). The molecule has 21 heavy (non-hydrogen) atoms. The minimum absolute atomic E-state index is 0.0784. The number of hydrogen-bond acceptors (Lipinski definition) is 4. The largest absolute Gasteiger partial charge is 0.486 e. The van der Waals surface area contributed by atoms with Crippen molar-refractivity contribution < 1.29 is 22.7 Å². The second-order valence-electron chi connectivity index (χ2n) is 4.65. The molecular formula is C14H12F2N2O3. The van der Waals surface area contributed by atoms with Crippen molar-refractivity contribution in [3.05, 3.63) is 41.1 Å². The van der Waals surface area contributed by atoms with Crippen LogP contribution in [0, 0.1) is 25.5 Å². The number of ether oxygens (including phenoxy) is 1. The number of aryl methyl sites for hydroxylation is 2. The van der Waals surface area contributed by atoms with Gasteiger partial charge in [-0.15, -0.1) is 0 Å². The van der Waals surface area contributed by atoms with Crippen LogP contribution >= 0.6 is 0 Å². The lowest BCUT2D eigenvalue weighted by atomic mass is 10.2. The van der Waals surface area contributed by atoms with Crippen LogP contribution in [0.1, 0.15) is 22.1 Å². The molecule has 0 unspecified atom stereocenters. The summed E-state index contributed by atoms with van der Waals surface area (Å²) in [5, 5.41) is 0. The number of carbonyl (C=O) groups excluding carboxylic acids is 1. The highest BCUT2D eigenvalue weighted by Gasteiger charge is 2.30. The zero-order valence-electron chi connectivity index (χ0n) is 11.4. The van der Waals surface area contributed by atoms with E-state index < -0.39 is 17.5 Å². The predicted octanol–water partition coefficient (Wildman–Crippen LogP) is 2.61. The SMILES string of the molecule is Cc1nc(C(=O)N2CCOc3c2ccc(F)c3F)c(C)o1. The Bertz CT molecular complexity index is 727. The van der Waals surface area contributed by atoms with Crippen LogP contribution in [0.15, 0.2) is 16.5 Å². The first kappa shape index (κ1) is 13.5. The third kappa shape index (κ3) is 2.14. The lowest BCUT2D eigenvalue weighted by molar-refractivity contribution is 0.0970. The normalized spacial score (nSPS) is 13.8. The van der Waals surface area contributed by atoms with Crippen molar-refractivity contribution in [1.29, 1.82) is 0 Å². The van der Waals surface area contributed by atoms with E-state index in [0.29, 0.717) is 11.7 Å². The number of aromatic nitrogens is 1. The van der Waals surface area contributed by atoms with Gasteiger partial charge in [0.15, 0.2) is 23.2 Å². The van der Waals surface area contributed by atoms with Crippen LogP contribution in [-0.2, 0) is 0 Å². The Morgan fingerprint density at radius 2 is 2.10 bits per heavy atom. The summed E-state index contributed by atoms with van der Waals surface area (Å²) in [5.74, 6) is -2.05. The monoisotopic (exact) mass is 294 g/mol. The fourth-order valence-electron chi connectivity index (χ4n) is 2.30. The summed E-state index contributed by atoms with van der Waals surface area (Å²) in [6.45, 7) is 3.56. The third-order valence-electron chi connectivity index (χ3n) is 3.23. The maximum atomic E-state index is 13.7. The van der Waals surface area contributed by atoms with Gasteiger partial charge in [0.2, 0.25) is 5.82 Å². The average molecular weight is 294 g/mol. The fraction of sp³-hybridized carbons (Fsp3) is 0.286. The van der Waals surface area contributed by atoms with Crippen LogP contribution in [0.25, 0.3) is 0 Å². The molecule has 2 aromatic rings. The molecule has 1 amide bonds. The van der Waals surface area contributed by atoms with E-state index in [4.69, 9.17) is 9.15 Å². The van der Waals surface area contributed by atoms with Crippen LogP contribution in [0.3, 0.4) is 0 Å².